The van der Waals surface area contributed by atoms with Gasteiger partial charge in [0.25, 0.3) is 5.91 Å². The van der Waals surface area contributed by atoms with Gasteiger partial charge in [-0.2, -0.15) is 5.10 Å². The average molecular weight is 436 g/mol. The van der Waals surface area contributed by atoms with E-state index in [4.69, 9.17) is 18.9 Å². The summed E-state index contributed by atoms with van der Waals surface area (Å²) in [6.45, 7) is 0.106. The largest absolute Gasteiger partial charge is 0.493 e. The van der Waals surface area contributed by atoms with Gasteiger partial charge in [0, 0.05) is 5.56 Å². The zero-order valence-electron chi connectivity index (χ0n) is 16.8. The van der Waals surface area contributed by atoms with Crippen molar-refractivity contribution in [3.05, 3.63) is 83.2 Å². The molecule has 0 bridgehead atoms. The first-order valence-corrected chi connectivity index (χ1v) is 9.42. The first-order chi connectivity index (χ1) is 15.5. The van der Waals surface area contributed by atoms with Crippen LogP contribution < -0.4 is 24.4 Å². The van der Waals surface area contributed by atoms with E-state index in [9.17, 15) is 14.0 Å². The third-order valence-electron chi connectivity index (χ3n) is 4.48. The number of fused-ring (bicyclic) bond motifs is 1. The normalized spacial score (nSPS) is 11.9. The molecule has 32 heavy (non-hydrogen) atoms. The second-order valence-electron chi connectivity index (χ2n) is 6.57. The van der Waals surface area contributed by atoms with Crippen LogP contribution in [-0.4, -0.2) is 32.0 Å². The smallest absolute Gasteiger partial charge is 0.343 e. The van der Waals surface area contributed by atoms with Crippen LogP contribution in [0.5, 0.6) is 23.0 Å². The van der Waals surface area contributed by atoms with Crippen molar-refractivity contribution in [3.63, 3.8) is 0 Å². The molecule has 9 heteroatoms. The Hall–Kier alpha value is -4.40. The Bertz CT molecular complexity index is 1190. The fourth-order valence-corrected chi connectivity index (χ4v) is 2.86. The van der Waals surface area contributed by atoms with Gasteiger partial charge in [0.2, 0.25) is 6.79 Å². The van der Waals surface area contributed by atoms with E-state index in [1.165, 1.54) is 37.6 Å². The van der Waals surface area contributed by atoms with Crippen LogP contribution in [0.3, 0.4) is 0 Å². The van der Waals surface area contributed by atoms with Crippen molar-refractivity contribution in [3.8, 4) is 23.0 Å². The van der Waals surface area contributed by atoms with Gasteiger partial charge in [-0.3, -0.25) is 4.79 Å². The Morgan fingerprint density at radius 2 is 1.72 bits per heavy atom. The molecule has 8 nitrogen and oxygen atoms in total. The highest BCUT2D eigenvalue weighted by atomic mass is 19.1. The lowest BCUT2D eigenvalue weighted by Gasteiger charge is -2.10. The molecule has 0 radical (unpaired) electrons. The van der Waals surface area contributed by atoms with Gasteiger partial charge in [0.15, 0.2) is 23.0 Å². The van der Waals surface area contributed by atoms with E-state index in [0.717, 1.165) is 0 Å². The predicted octanol–water partition coefficient (Wildman–Crippen LogP) is 3.55. The molecule has 1 amide bonds. The van der Waals surface area contributed by atoms with Crippen LogP contribution in [0.4, 0.5) is 4.39 Å². The maximum Gasteiger partial charge on any atom is 0.343 e. The molecule has 1 N–H and O–H groups in total. The second-order valence-corrected chi connectivity index (χ2v) is 6.57. The number of carbonyl (C=O) groups is 2. The minimum atomic E-state index is -0.588. The number of rotatable bonds is 6. The van der Waals surface area contributed by atoms with E-state index < -0.39 is 17.7 Å². The number of hydrogen-bond acceptors (Lipinski definition) is 7. The number of nitrogens with one attached hydrogen (secondary N) is 1. The zero-order chi connectivity index (χ0) is 22.5. The van der Waals surface area contributed by atoms with Crippen molar-refractivity contribution in [2.24, 2.45) is 5.10 Å². The Balaban J connectivity index is 1.42. The van der Waals surface area contributed by atoms with Crippen LogP contribution in [-0.2, 0) is 0 Å². The summed E-state index contributed by atoms with van der Waals surface area (Å²) < 4.78 is 34.2. The predicted molar refractivity (Wildman–Crippen MR) is 112 cm³/mol. The lowest BCUT2D eigenvalue weighted by atomic mass is 10.2. The molecule has 0 saturated carbocycles. The number of carbonyl (C=O) groups excluding carboxylic acids is 2. The standard InChI is InChI=1S/C23H17FN2O6/c1-29-20-10-14(12-25-26-22(27)15-3-6-17(24)7-4-15)2-8-19(20)32-23(28)16-5-9-18-21(11-16)31-13-30-18/h2-12H,13H2,1H3,(H,26,27)/b25-12+. The molecule has 1 aliphatic heterocycles. The van der Waals surface area contributed by atoms with Gasteiger partial charge in [-0.1, -0.05) is 0 Å². The van der Waals surface area contributed by atoms with E-state index in [2.05, 4.69) is 10.5 Å². The van der Waals surface area contributed by atoms with Crippen LogP contribution in [0, 0.1) is 5.82 Å². The van der Waals surface area contributed by atoms with Gasteiger partial charge in [-0.25, -0.2) is 14.6 Å². The number of benzene rings is 3. The number of esters is 1. The van der Waals surface area contributed by atoms with E-state index in [-0.39, 0.29) is 18.1 Å². The van der Waals surface area contributed by atoms with Crippen molar-refractivity contribution in [1.29, 1.82) is 0 Å². The van der Waals surface area contributed by atoms with E-state index in [1.54, 1.807) is 36.4 Å². The number of ether oxygens (including phenoxy) is 4. The van der Waals surface area contributed by atoms with E-state index in [1.807, 2.05) is 0 Å². The van der Waals surface area contributed by atoms with Gasteiger partial charge < -0.3 is 18.9 Å². The highest BCUT2D eigenvalue weighted by Crippen LogP contribution is 2.33. The average Bonchev–Trinajstić information content (AvgIpc) is 3.28. The SMILES string of the molecule is COc1cc(/C=N/NC(=O)c2ccc(F)cc2)ccc1OC(=O)c1ccc2c(c1)OCO2. The van der Waals surface area contributed by atoms with Gasteiger partial charge in [0.05, 0.1) is 18.9 Å². The van der Waals surface area contributed by atoms with Gasteiger partial charge in [0.1, 0.15) is 5.82 Å². The molecule has 3 aromatic carbocycles. The van der Waals surface area contributed by atoms with Crippen LogP contribution in [0.1, 0.15) is 26.3 Å². The molecular formula is C23H17FN2O6. The summed E-state index contributed by atoms with van der Waals surface area (Å²) in [6, 6.07) is 14.6. The van der Waals surface area contributed by atoms with Gasteiger partial charge >= 0.3 is 5.97 Å². The number of methoxy groups -OCH3 is 1. The van der Waals surface area contributed by atoms with Crippen molar-refractivity contribution < 1.29 is 32.9 Å². The zero-order valence-corrected chi connectivity index (χ0v) is 16.8. The summed E-state index contributed by atoms with van der Waals surface area (Å²) in [4.78, 5) is 24.5. The molecule has 162 valence electrons. The Morgan fingerprint density at radius 3 is 2.50 bits per heavy atom. The first-order valence-electron chi connectivity index (χ1n) is 9.42. The van der Waals surface area contributed by atoms with Gasteiger partial charge in [-0.15, -0.1) is 0 Å². The summed E-state index contributed by atoms with van der Waals surface area (Å²) in [5.74, 6) is 0.0408. The van der Waals surface area contributed by atoms with Crippen molar-refractivity contribution in [2.45, 2.75) is 0 Å². The number of hydrazone groups is 1. The second kappa shape index (κ2) is 9.17. The van der Waals surface area contributed by atoms with Crippen LogP contribution in [0.25, 0.3) is 0 Å². The number of amides is 1. The van der Waals surface area contributed by atoms with E-state index >= 15 is 0 Å². The molecule has 0 aromatic heterocycles. The third kappa shape index (κ3) is 4.67. The van der Waals surface area contributed by atoms with Crippen LogP contribution in [0.2, 0.25) is 0 Å². The highest BCUT2D eigenvalue weighted by molar-refractivity contribution is 5.95. The monoisotopic (exact) mass is 436 g/mol. The van der Waals surface area contributed by atoms with Gasteiger partial charge in [-0.05, 0) is 66.2 Å². The maximum absolute atomic E-state index is 12.9. The molecule has 1 heterocycles. The molecular weight excluding hydrogens is 419 g/mol. The summed E-state index contributed by atoms with van der Waals surface area (Å²) in [5.41, 5.74) is 3.51. The lowest BCUT2D eigenvalue weighted by molar-refractivity contribution is 0.0729. The Kier molecular flexibility index (Phi) is 5.98. The molecule has 4 rings (SSSR count). The summed E-state index contributed by atoms with van der Waals surface area (Å²) in [5, 5.41) is 3.88. The third-order valence-corrected chi connectivity index (χ3v) is 4.48. The Morgan fingerprint density at radius 1 is 0.969 bits per heavy atom. The highest BCUT2D eigenvalue weighted by Gasteiger charge is 2.18. The molecule has 0 fully saturated rings. The fraction of sp³-hybridized carbons (Fsp3) is 0.0870. The molecule has 0 atom stereocenters. The molecule has 3 aromatic rings. The van der Waals surface area contributed by atoms with Crippen LogP contribution in [0.15, 0.2) is 65.8 Å². The lowest BCUT2D eigenvalue weighted by Crippen LogP contribution is -2.17. The number of halogens is 1. The first kappa shape index (κ1) is 20.9. The van der Waals surface area contributed by atoms with Crippen molar-refractivity contribution in [1.82, 2.24) is 5.43 Å². The topological polar surface area (TPSA) is 95.5 Å². The molecule has 0 unspecified atom stereocenters. The number of hydrogen-bond donors (Lipinski definition) is 1. The van der Waals surface area contributed by atoms with Crippen LogP contribution >= 0.6 is 0 Å². The molecule has 0 saturated heterocycles. The minimum Gasteiger partial charge on any atom is -0.493 e. The quantitative estimate of drug-likeness (QED) is 0.275. The van der Waals surface area contributed by atoms with Crippen molar-refractivity contribution >= 4 is 18.1 Å². The fourth-order valence-electron chi connectivity index (χ4n) is 2.86. The molecule has 1 aliphatic rings. The maximum atomic E-state index is 12.9. The number of nitrogens with zero attached hydrogens (tertiary/aromatic N) is 1. The molecule has 0 spiro atoms. The molecule has 0 aliphatic carbocycles. The summed E-state index contributed by atoms with van der Waals surface area (Å²) in [7, 11) is 1.43. The Labute approximate surface area is 182 Å². The minimum absolute atomic E-state index is 0.106. The van der Waals surface area contributed by atoms with E-state index in [0.29, 0.717) is 28.4 Å². The van der Waals surface area contributed by atoms with Crippen molar-refractivity contribution in [2.75, 3.05) is 13.9 Å². The summed E-state index contributed by atoms with van der Waals surface area (Å²) >= 11 is 0. The summed E-state index contributed by atoms with van der Waals surface area (Å²) in [6.07, 6.45) is 1.40.